The number of imide groups is 1. The smallest absolute Gasteiger partial charge is 0.341 e. The minimum absolute atomic E-state index is 0.133. The number of amides is 3. The zero-order valence-corrected chi connectivity index (χ0v) is 16.2. The van der Waals surface area contributed by atoms with E-state index in [4.69, 9.17) is 4.55 Å². The first-order valence-electron chi connectivity index (χ1n) is 8.92. The first kappa shape index (κ1) is 22.4. The Kier molecular flexibility index (Phi) is 7.59. The summed E-state index contributed by atoms with van der Waals surface area (Å²) in [5.41, 5.74) is -1.23. The van der Waals surface area contributed by atoms with E-state index in [2.05, 4.69) is 10.6 Å². The third-order valence-corrected chi connectivity index (χ3v) is 5.50. The van der Waals surface area contributed by atoms with Crippen LogP contribution in [0.25, 0.3) is 0 Å². The second-order valence-corrected chi connectivity index (χ2v) is 7.82. The predicted octanol–water partition coefficient (Wildman–Crippen LogP) is 3.55. The summed E-state index contributed by atoms with van der Waals surface area (Å²) in [4.78, 5) is 24.1. The van der Waals surface area contributed by atoms with Crippen LogP contribution in [0.5, 0.6) is 0 Å². The van der Waals surface area contributed by atoms with Crippen LogP contribution >= 0.6 is 0 Å². The van der Waals surface area contributed by atoms with E-state index in [9.17, 15) is 27.0 Å². The molecule has 28 heavy (non-hydrogen) atoms. The van der Waals surface area contributed by atoms with Gasteiger partial charge in [-0.1, -0.05) is 37.8 Å². The Morgan fingerprint density at radius 3 is 2.46 bits per heavy atom. The average molecular weight is 420 g/mol. The number of carbonyl (C=O) groups is 2. The number of hydrogen-bond donors (Lipinski definition) is 3. The van der Waals surface area contributed by atoms with E-state index in [0.29, 0.717) is 6.42 Å². The highest BCUT2D eigenvalue weighted by Gasteiger charge is 2.36. The lowest BCUT2D eigenvalue weighted by Crippen LogP contribution is -2.40. The normalized spacial score (nSPS) is 17.2. The van der Waals surface area contributed by atoms with E-state index in [0.717, 1.165) is 37.8 Å². The fourth-order valence-electron chi connectivity index (χ4n) is 3.57. The highest BCUT2D eigenvalue weighted by atomic mass is 32.2. The predicted molar refractivity (Wildman–Crippen MR) is 97.8 cm³/mol. The van der Waals surface area contributed by atoms with Gasteiger partial charge >= 0.3 is 12.2 Å². The van der Waals surface area contributed by atoms with Crippen molar-refractivity contribution in [2.24, 2.45) is 5.92 Å². The van der Waals surface area contributed by atoms with Gasteiger partial charge in [-0.05, 0) is 29.5 Å². The summed E-state index contributed by atoms with van der Waals surface area (Å²) in [6, 6.07) is 2.61. The van der Waals surface area contributed by atoms with Gasteiger partial charge in [-0.15, -0.1) is 0 Å². The van der Waals surface area contributed by atoms with Crippen LogP contribution < -0.4 is 10.6 Å². The topological polar surface area (TPSA) is 95.5 Å². The van der Waals surface area contributed by atoms with Gasteiger partial charge in [0.1, 0.15) is 0 Å². The molecule has 0 aromatic heterocycles. The minimum Gasteiger partial charge on any atom is -0.341 e. The Labute approximate surface area is 163 Å². The van der Waals surface area contributed by atoms with Crippen LogP contribution in [-0.2, 0) is 27.8 Å². The van der Waals surface area contributed by atoms with Gasteiger partial charge in [0.2, 0.25) is 5.91 Å². The molecule has 0 spiro atoms. The molecule has 3 amide bonds. The number of alkyl halides is 3. The van der Waals surface area contributed by atoms with Gasteiger partial charge in [0, 0.05) is 7.05 Å². The number of benzene rings is 1. The summed E-state index contributed by atoms with van der Waals surface area (Å²) >= 11 is -2.43. The third-order valence-electron chi connectivity index (χ3n) is 4.94. The molecule has 0 heterocycles. The Hall–Kier alpha value is -1.94. The third kappa shape index (κ3) is 6.03. The maximum Gasteiger partial charge on any atom is 0.416 e. The lowest BCUT2D eigenvalue weighted by atomic mass is 9.86. The Balaban J connectivity index is 2.41. The van der Waals surface area contributed by atoms with E-state index in [1.807, 2.05) is 0 Å². The van der Waals surface area contributed by atoms with Crippen LogP contribution in [0.15, 0.2) is 18.2 Å². The molecule has 1 fully saturated rings. The standard InChI is InChI=1S/C18H23F3N2O4S/c1-22-17(25)23-16(24)14(8-11-4-2-3-5-11)12-6-7-13(10-28(26)27)15(9-12)18(19,20)21/h6-7,9,11,14H,2-5,8,10H2,1H3,(H,26,27)(H2,22,23,24,25). The molecule has 6 nitrogen and oxygen atoms in total. The van der Waals surface area contributed by atoms with Gasteiger partial charge in [-0.25, -0.2) is 9.00 Å². The van der Waals surface area contributed by atoms with Gasteiger partial charge in [-0.3, -0.25) is 10.1 Å². The van der Waals surface area contributed by atoms with E-state index < -0.39 is 46.4 Å². The second-order valence-electron chi connectivity index (χ2n) is 6.89. The summed E-state index contributed by atoms with van der Waals surface area (Å²) in [7, 11) is 1.33. The Bertz CT molecular complexity index is 749. The van der Waals surface area contributed by atoms with E-state index in [1.165, 1.54) is 13.1 Å². The monoisotopic (exact) mass is 420 g/mol. The van der Waals surface area contributed by atoms with Crippen LogP contribution in [-0.4, -0.2) is 27.7 Å². The summed E-state index contributed by atoms with van der Waals surface area (Å²) < 4.78 is 60.4. The molecular formula is C18H23F3N2O4S. The highest BCUT2D eigenvalue weighted by Crippen LogP contribution is 2.38. The molecule has 2 unspecified atom stereocenters. The number of halogens is 3. The molecule has 1 aromatic carbocycles. The van der Waals surface area contributed by atoms with E-state index >= 15 is 0 Å². The highest BCUT2D eigenvalue weighted by molar-refractivity contribution is 7.78. The van der Waals surface area contributed by atoms with Crippen LogP contribution in [0.2, 0.25) is 0 Å². The molecule has 2 atom stereocenters. The summed E-state index contributed by atoms with van der Waals surface area (Å²) in [5, 5.41) is 4.40. The Morgan fingerprint density at radius 2 is 1.93 bits per heavy atom. The molecule has 156 valence electrons. The van der Waals surface area contributed by atoms with Crippen molar-refractivity contribution in [3.8, 4) is 0 Å². The van der Waals surface area contributed by atoms with Crippen LogP contribution in [0.3, 0.4) is 0 Å². The first-order chi connectivity index (χ1) is 13.1. The quantitative estimate of drug-likeness (QED) is 0.614. The van der Waals surface area contributed by atoms with Crippen LogP contribution in [0.1, 0.15) is 54.7 Å². The zero-order chi connectivity index (χ0) is 20.9. The average Bonchev–Trinajstić information content (AvgIpc) is 3.11. The molecule has 2 rings (SSSR count). The molecule has 10 heteroatoms. The van der Waals surface area contributed by atoms with Crippen molar-refractivity contribution in [2.45, 2.75) is 50.0 Å². The molecule has 1 aliphatic carbocycles. The molecule has 1 saturated carbocycles. The van der Waals surface area contributed by atoms with Gasteiger partial charge in [0.25, 0.3) is 0 Å². The van der Waals surface area contributed by atoms with Crippen molar-refractivity contribution in [3.05, 3.63) is 34.9 Å². The molecule has 1 aromatic rings. The van der Waals surface area contributed by atoms with E-state index in [1.54, 1.807) is 0 Å². The van der Waals surface area contributed by atoms with Crippen molar-refractivity contribution in [1.29, 1.82) is 0 Å². The number of carbonyl (C=O) groups excluding carboxylic acids is 2. The molecule has 3 N–H and O–H groups in total. The molecular weight excluding hydrogens is 397 g/mol. The maximum absolute atomic E-state index is 13.5. The fraction of sp³-hybridized carbons (Fsp3) is 0.556. The largest absolute Gasteiger partial charge is 0.416 e. The van der Waals surface area contributed by atoms with Gasteiger partial charge in [0.05, 0.1) is 17.2 Å². The SMILES string of the molecule is CNC(=O)NC(=O)C(CC1CCCC1)c1ccc(CS(=O)O)c(C(F)(F)F)c1. The number of rotatable bonds is 6. The molecule has 0 aliphatic heterocycles. The van der Waals surface area contributed by atoms with Gasteiger partial charge < -0.3 is 9.87 Å². The van der Waals surface area contributed by atoms with Crippen LogP contribution in [0.4, 0.5) is 18.0 Å². The van der Waals surface area contributed by atoms with Gasteiger partial charge in [0.15, 0.2) is 11.1 Å². The second kappa shape index (κ2) is 9.51. The van der Waals surface area contributed by atoms with Crippen molar-refractivity contribution < 1.29 is 31.5 Å². The summed E-state index contributed by atoms with van der Waals surface area (Å²) in [6.07, 6.45) is -0.618. The van der Waals surface area contributed by atoms with E-state index in [-0.39, 0.29) is 17.0 Å². The minimum atomic E-state index is -4.74. The fourth-order valence-corrected chi connectivity index (χ4v) is 4.09. The number of urea groups is 1. The maximum atomic E-state index is 13.5. The van der Waals surface area contributed by atoms with Gasteiger partial charge in [-0.2, -0.15) is 13.2 Å². The van der Waals surface area contributed by atoms with Crippen LogP contribution in [0, 0.1) is 5.92 Å². The number of hydrogen-bond acceptors (Lipinski definition) is 3. The number of nitrogens with one attached hydrogen (secondary N) is 2. The molecule has 0 radical (unpaired) electrons. The van der Waals surface area contributed by atoms with Crippen molar-refractivity contribution in [3.63, 3.8) is 0 Å². The lowest BCUT2D eigenvalue weighted by molar-refractivity contribution is -0.138. The zero-order valence-electron chi connectivity index (χ0n) is 15.3. The summed E-state index contributed by atoms with van der Waals surface area (Å²) in [6.45, 7) is 0. The molecule has 1 aliphatic rings. The molecule has 0 bridgehead atoms. The summed E-state index contributed by atoms with van der Waals surface area (Å²) in [5.74, 6) is -2.06. The molecule has 0 saturated heterocycles. The first-order valence-corrected chi connectivity index (χ1v) is 10.2. The van der Waals surface area contributed by atoms with Crippen molar-refractivity contribution >= 4 is 23.0 Å². The van der Waals surface area contributed by atoms with Crippen molar-refractivity contribution in [1.82, 2.24) is 10.6 Å². The van der Waals surface area contributed by atoms with Crippen molar-refractivity contribution in [2.75, 3.05) is 7.05 Å². The Morgan fingerprint density at radius 1 is 1.29 bits per heavy atom. The lowest BCUT2D eigenvalue weighted by Gasteiger charge is -2.22.